The fraction of sp³-hybridized carbons (Fsp3) is 0. The third-order valence-corrected chi connectivity index (χ3v) is 3.47. The summed E-state index contributed by atoms with van der Waals surface area (Å²) in [5, 5.41) is 21.8. The van der Waals surface area contributed by atoms with Crippen molar-refractivity contribution in [2.45, 2.75) is 0 Å². The average molecular weight is 344 g/mol. The lowest BCUT2D eigenvalue weighted by molar-refractivity contribution is 0.0697. The third-order valence-electron chi connectivity index (χ3n) is 3.47. The Morgan fingerprint density at radius 1 is 0.769 bits per heavy atom. The van der Waals surface area contributed by atoms with E-state index in [1.54, 1.807) is 12.1 Å². The summed E-state index contributed by atoms with van der Waals surface area (Å²) in [6.45, 7) is 0. The molecule has 0 bridgehead atoms. The summed E-state index contributed by atoms with van der Waals surface area (Å²) in [6, 6.07) is 25.1. The highest BCUT2D eigenvalue weighted by Crippen LogP contribution is 2.14. The lowest BCUT2D eigenvalue weighted by Gasteiger charge is -2.04. The van der Waals surface area contributed by atoms with Gasteiger partial charge in [0.25, 0.3) is 0 Å². The van der Waals surface area contributed by atoms with Crippen molar-refractivity contribution in [2.24, 2.45) is 15.3 Å². The van der Waals surface area contributed by atoms with E-state index < -0.39 is 5.97 Å². The standard InChI is InChI=1S/C20H16N4O2/c25-20(26)16-13-11-15(12-14-16)19(23-21-17-7-3-1-4-8-17)24-22-18-9-5-2-6-10-18/h1-14,21H,(H,25,26). The molecule has 26 heavy (non-hydrogen) atoms. The maximum Gasteiger partial charge on any atom is 0.335 e. The van der Waals surface area contributed by atoms with E-state index in [4.69, 9.17) is 5.11 Å². The molecule has 0 aliphatic heterocycles. The van der Waals surface area contributed by atoms with Crippen LogP contribution in [-0.4, -0.2) is 16.9 Å². The lowest BCUT2D eigenvalue weighted by Crippen LogP contribution is -2.03. The van der Waals surface area contributed by atoms with E-state index in [9.17, 15) is 4.79 Å². The van der Waals surface area contributed by atoms with E-state index in [-0.39, 0.29) is 5.56 Å². The molecular formula is C20H16N4O2. The number of anilines is 1. The van der Waals surface area contributed by atoms with E-state index in [0.29, 0.717) is 17.1 Å². The van der Waals surface area contributed by atoms with Gasteiger partial charge in [0, 0.05) is 5.56 Å². The average Bonchev–Trinajstić information content (AvgIpc) is 2.70. The quantitative estimate of drug-likeness (QED) is 0.297. The van der Waals surface area contributed by atoms with E-state index in [1.165, 1.54) is 12.1 Å². The van der Waals surface area contributed by atoms with Gasteiger partial charge in [-0.3, -0.25) is 5.43 Å². The molecule has 3 aromatic carbocycles. The van der Waals surface area contributed by atoms with Crippen LogP contribution in [0.15, 0.2) is 100 Å². The molecule has 0 saturated carbocycles. The fourth-order valence-electron chi connectivity index (χ4n) is 2.14. The van der Waals surface area contributed by atoms with Crippen molar-refractivity contribution in [1.82, 2.24) is 0 Å². The lowest BCUT2D eigenvalue weighted by atomic mass is 10.1. The number of carbonyl (C=O) groups is 1. The van der Waals surface area contributed by atoms with Crippen LogP contribution in [0, 0.1) is 0 Å². The Morgan fingerprint density at radius 3 is 1.96 bits per heavy atom. The van der Waals surface area contributed by atoms with Crippen molar-refractivity contribution >= 4 is 23.2 Å². The first kappa shape index (κ1) is 17.0. The molecular weight excluding hydrogens is 328 g/mol. The summed E-state index contributed by atoms with van der Waals surface area (Å²) in [7, 11) is 0. The van der Waals surface area contributed by atoms with Crippen molar-refractivity contribution in [3.05, 3.63) is 96.1 Å². The van der Waals surface area contributed by atoms with Gasteiger partial charge in [-0.25, -0.2) is 4.79 Å². The Bertz CT molecular complexity index is 921. The predicted molar refractivity (Wildman–Crippen MR) is 101 cm³/mol. The Kier molecular flexibility index (Phi) is 5.47. The number of nitrogens with zero attached hydrogens (tertiary/aromatic N) is 3. The highest BCUT2D eigenvalue weighted by molar-refractivity contribution is 6.00. The molecule has 6 heteroatoms. The Hall–Kier alpha value is -3.80. The van der Waals surface area contributed by atoms with Crippen molar-refractivity contribution in [3.8, 4) is 0 Å². The normalized spacial score (nSPS) is 11.5. The summed E-state index contributed by atoms with van der Waals surface area (Å²) in [5.74, 6) is -0.641. The Labute approximate surface area is 150 Å². The minimum atomic E-state index is -0.983. The molecule has 0 unspecified atom stereocenters. The number of azo groups is 1. The topological polar surface area (TPSA) is 86.4 Å². The molecule has 0 amide bonds. The van der Waals surface area contributed by atoms with Crippen LogP contribution in [0.1, 0.15) is 15.9 Å². The highest BCUT2D eigenvalue weighted by atomic mass is 16.4. The first-order valence-corrected chi connectivity index (χ1v) is 7.91. The number of rotatable bonds is 5. The number of para-hydroxylation sites is 1. The number of aromatic carboxylic acids is 1. The first-order valence-electron chi connectivity index (χ1n) is 7.91. The number of benzene rings is 3. The number of nitrogens with one attached hydrogen (secondary N) is 1. The Balaban J connectivity index is 1.90. The number of carboxylic acid groups (broad SMARTS) is 1. The van der Waals surface area contributed by atoms with Gasteiger partial charge in [0.15, 0.2) is 0 Å². The smallest absolute Gasteiger partial charge is 0.335 e. The molecule has 2 N–H and O–H groups in total. The van der Waals surface area contributed by atoms with Crippen LogP contribution in [0.5, 0.6) is 0 Å². The molecule has 0 spiro atoms. The predicted octanol–water partition coefficient (Wildman–Crippen LogP) is 4.94. The second-order valence-electron chi connectivity index (χ2n) is 5.33. The molecule has 0 saturated heterocycles. The van der Waals surface area contributed by atoms with Gasteiger partial charge >= 0.3 is 5.97 Å². The summed E-state index contributed by atoms with van der Waals surface area (Å²) in [6.07, 6.45) is 0. The van der Waals surface area contributed by atoms with Crippen LogP contribution in [0.3, 0.4) is 0 Å². The monoisotopic (exact) mass is 344 g/mol. The van der Waals surface area contributed by atoms with Gasteiger partial charge < -0.3 is 5.11 Å². The molecule has 0 aromatic heterocycles. The molecule has 0 aliphatic rings. The van der Waals surface area contributed by atoms with Crippen LogP contribution >= 0.6 is 0 Å². The van der Waals surface area contributed by atoms with E-state index in [1.807, 2.05) is 60.7 Å². The number of hydrazone groups is 1. The van der Waals surface area contributed by atoms with Crippen LogP contribution in [-0.2, 0) is 0 Å². The summed E-state index contributed by atoms with van der Waals surface area (Å²) in [5.41, 5.74) is 5.29. The van der Waals surface area contributed by atoms with Crippen molar-refractivity contribution in [3.63, 3.8) is 0 Å². The number of carboxylic acids is 1. The van der Waals surface area contributed by atoms with E-state index in [2.05, 4.69) is 20.8 Å². The van der Waals surface area contributed by atoms with Gasteiger partial charge in [0.1, 0.15) is 0 Å². The SMILES string of the molecule is O=C(O)c1ccc(C(N=Nc2ccccc2)=NNc2ccccc2)cc1. The second kappa shape index (κ2) is 8.34. The molecule has 0 atom stereocenters. The number of hydrogen-bond acceptors (Lipinski definition) is 4. The zero-order valence-corrected chi connectivity index (χ0v) is 13.8. The molecule has 0 heterocycles. The highest BCUT2D eigenvalue weighted by Gasteiger charge is 2.06. The van der Waals surface area contributed by atoms with Crippen molar-refractivity contribution < 1.29 is 9.90 Å². The van der Waals surface area contributed by atoms with Crippen molar-refractivity contribution in [1.29, 1.82) is 0 Å². The van der Waals surface area contributed by atoms with Crippen LogP contribution < -0.4 is 5.43 Å². The molecule has 6 nitrogen and oxygen atoms in total. The maximum absolute atomic E-state index is 11.0. The van der Waals surface area contributed by atoms with Gasteiger partial charge in [0.05, 0.1) is 16.9 Å². The van der Waals surface area contributed by atoms with Gasteiger partial charge in [-0.15, -0.1) is 10.2 Å². The number of hydrogen-bond donors (Lipinski definition) is 2. The third kappa shape index (κ3) is 4.61. The van der Waals surface area contributed by atoms with Crippen LogP contribution in [0.2, 0.25) is 0 Å². The summed E-state index contributed by atoms with van der Waals surface area (Å²) in [4.78, 5) is 11.0. The molecule has 3 aromatic rings. The van der Waals surface area contributed by atoms with Crippen LogP contribution in [0.4, 0.5) is 11.4 Å². The largest absolute Gasteiger partial charge is 0.478 e. The van der Waals surface area contributed by atoms with Gasteiger partial charge in [-0.05, 0) is 36.4 Å². The number of amidine groups is 1. The van der Waals surface area contributed by atoms with E-state index in [0.717, 1.165) is 5.69 Å². The zero-order chi connectivity index (χ0) is 18.2. The summed E-state index contributed by atoms with van der Waals surface area (Å²) >= 11 is 0. The molecule has 0 radical (unpaired) electrons. The first-order chi connectivity index (χ1) is 12.7. The minimum Gasteiger partial charge on any atom is -0.478 e. The molecule has 3 rings (SSSR count). The van der Waals surface area contributed by atoms with Crippen molar-refractivity contribution in [2.75, 3.05) is 5.43 Å². The van der Waals surface area contributed by atoms with Gasteiger partial charge in [-0.2, -0.15) is 5.10 Å². The van der Waals surface area contributed by atoms with Gasteiger partial charge in [0.2, 0.25) is 5.84 Å². The van der Waals surface area contributed by atoms with E-state index >= 15 is 0 Å². The van der Waals surface area contributed by atoms with Crippen LogP contribution in [0.25, 0.3) is 0 Å². The minimum absolute atomic E-state index is 0.198. The zero-order valence-electron chi connectivity index (χ0n) is 13.8. The van der Waals surface area contributed by atoms with Gasteiger partial charge in [-0.1, -0.05) is 48.5 Å². The molecule has 128 valence electrons. The molecule has 0 fully saturated rings. The second-order valence-corrected chi connectivity index (χ2v) is 5.33. The maximum atomic E-state index is 11.0. The Morgan fingerprint density at radius 2 is 1.35 bits per heavy atom. The molecule has 0 aliphatic carbocycles. The fourth-order valence-corrected chi connectivity index (χ4v) is 2.14. The summed E-state index contributed by atoms with van der Waals surface area (Å²) < 4.78 is 0.